The highest BCUT2D eigenvalue weighted by Gasteiger charge is 2.11. The fourth-order valence-corrected chi connectivity index (χ4v) is 2.81. The lowest BCUT2D eigenvalue weighted by Gasteiger charge is -2.11. The minimum absolute atomic E-state index is 0.0967. The Hall–Kier alpha value is -2.86. The summed E-state index contributed by atoms with van der Waals surface area (Å²) in [6.45, 7) is 2.49. The van der Waals surface area contributed by atoms with E-state index in [9.17, 15) is 4.79 Å². The molecule has 0 saturated heterocycles. The summed E-state index contributed by atoms with van der Waals surface area (Å²) in [7, 11) is 3.55. The average Bonchev–Trinajstić information content (AvgIpc) is 3.01. The molecule has 0 fully saturated rings. The third kappa shape index (κ3) is 3.70. The minimum Gasteiger partial charge on any atom is -0.378 e. The monoisotopic (exact) mass is 369 g/mol. The van der Waals surface area contributed by atoms with Crippen LogP contribution < -0.4 is 10.6 Å². The van der Waals surface area contributed by atoms with E-state index in [1.165, 1.54) is 0 Å². The largest absolute Gasteiger partial charge is 0.378 e. The van der Waals surface area contributed by atoms with Gasteiger partial charge in [-0.05, 0) is 55.0 Å². The van der Waals surface area contributed by atoms with Crippen LogP contribution in [0.5, 0.6) is 0 Å². The number of nitrogens with one attached hydrogen (secondary N) is 2. The summed E-state index contributed by atoms with van der Waals surface area (Å²) in [4.78, 5) is 11.7. The van der Waals surface area contributed by atoms with Crippen LogP contribution in [0.2, 0.25) is 5.02 Å². The number of aryl methyl sites for hydroxylation is 1. The lowest BCUT2D eigenvalue weighted by molar-refractivity contribution is 0.0963. The molecule has 26 heavy (non-hydrogen) atoms. The van der Waals surface area contributed by atoms with Crippen molar-refractivity contribution in [2.75, 3.05) is 12.4 Å². The molecule has 1 heterocycles. The molecule has 0 atom stereocenters. The summed E-state index contributed by atoms with van der Waals surface area (Å²) in [6, 6.07) is 13.1. The van der Waals surface area contributed by atoms with Gasteiger partial charge in [0.2, 0.25) is 0 Å². The van der Waals surface area contributed by atoms with Gasteiger partial charge in [-0.3, -0.25) is 4.79 Å². The zero-order valence-corrected chi connectivity index (χ0v) is 15.6. The molecule has 1 amide bonds. The molecule has 0 unspecified atom stereocenters. The molecular weight excluding hydrogens is 350 g/mol. The topological polar surface area (TPSA) is 71.8 Å². The first-order valence-electron chi connectivity index (χ1n) is 8.20. The number of hydrogen-bond donors (Lipinski definition) is 2. The number of benzene rings is 2. The van der Waals surface area contributed by atoms with Gasteiger partial charge in [-0.25, -0.2) is 0 Å². The van der Waals surface area contributed by atoms with Crippen molar-refractivity contribution in [1.82, 2.24) is 20.1 Å². The number of halogens is 1. The summed E-state index contributed by atoms with van der Waals surface area (Å²) >= 11 is 5.94. The third-order valence-corrected chi connectivity index (χ3v) is 4.47. The molecule has 1 aromatic heterocycles. The van der Waals surface area contributed by atoms with E-state index in [2.05, 4.69) is 20.8 Å². The molecule has 2 aromatic carbocycles. The molecule has 0 saturated carbocycles. The highest BCUT2D eigenvalue weighted by atomic mass is 35.5. The lowest BCUT2D eigenvalue weighted by atomic mass is 10.1. The summed E-state index contributed by atoms with van der Waals surface area (Å²) in [6.07, 6.45) is 0. The normalized spacial score (nSPS) is 10.6. The van der Waals surface area contributed by atoms with Crippen LogP contribution in [0.4, 0.5) is 5.69 Å². The number of rotatable bonds is 5. The Balaban J connectivity index is 1.74. The minimum atomic E-state index is -0.0967. The highest BCUT2D eigenvalue weighted by molar-refractivity contribution is 6.30. The van der Waals surface area contributed by atoms with Gasteiger partial charge in [0.05, 0.1) is 6.54 Å². The van der Waals surface area contributed by atoms with Crippen molar-refractivity contribution in [2.45, 2.75) is 13.5 Å². The van der Waals surface area contributed by atoms with E-state index >= 15 is 0 Å². The molecule has 2 N–H and O–H groups in total. The number of nitrogens with zero attached hydrogens (tertiary/aromatic N) is 3. The van der Waals surface area contributed by atoms with Crippen LogP contribution in [0.3, 0.4) is 0 Å². The Morgan fingerprint density at radius 3 is 2.54 bits per heavy atom. The molecule has 6 nitrogen and oxygen atoms in total. The summed E-state index contributed by atoms with van der Waals surface area (Å²) in [5.41, 5.74) is 3.54. The maximum Gasteiger partial charge on any atom is 0.251 e. The molecule has 7 heteroatoms. The molecule has 0 spiro atoms. The fraction of sp³-hybridized carbons (Fsp3) is 0.211. The van der Waals surface area contributed by atoms with Crippen molar-refractivity contribution in [2.24, 2.45) is 7.05 Å². The van der Waals surface area contributed by atoms with E-state index < -0.39 is 0 Å². The Bertz CT molecular complexity index is 934. The Morgan fingerprint density at radius 1 is 1.15 bits per heavy atom. The molecule has 0 aliphatic rings. The van der Waals surface area contributed by atoms with Crippen LogP contribution in [0.25, 0.3) is 11.4 Å². The lowest BCUT2D eigenvalue weighted by Crippen LogP contribution is -2.18. The van der Waals surface area contributed by atoms with Gasteiger partial charge in [0.1, 0.15) is 0 Å². The predicted molar refractivity (Wildman–Crippen MR) is 103 cm³/mol. The number of hydrogen-bond acceptors (Lipinski definition) is 4. The summed E-state index contributed by atoms with van der Waals surface area (Å²) in [5.74, 6) is 1.50. The van der Waals surface area contributed by atoms with E-state index in [0.717, 1.165) is 28.5 Å². The van der Waals surface area contributed by atoms with Crippen molar-refractivity contribution < 1.29 is 4.79 Å². The standard InChI is InChI=1S/C19H20ClN5O/c1-12-10-14(19(26)21-2)6-9-16(12)22-11-17-23-24-18(25(17)3)13-4-7-15(20)8-5-13/h4-10,22H,11H2,1-3H3,(H,21,26). The zero-order chi connectivity index (χ0) is 18.7. The van der Waals surface area contributed by atoms with Crippen LogP contribution in [-0.2, 0) is 13.6 Å². The molecule has 134 valence electrons. The summed E-state index contributed by atoms with van der Waals surface area (Å²) < 4.78 is 1.95. The van der Waals surface area contributed by atoms with Gasteiger partial charge in [0.25, 0.3) is 5.91 Å². The van der Waals surface area contributed by atoms with E-state index in [1.807, 2.05) is 54.9 Å². The van der Waals surface area contributed by atoms with Crippen molar-refractivity contribution >= 4 is 23.2 Å². The van der Waals surface area contributed by atoms with E-state index in [4.69, 9.17) is 11.6 Å². The van der Waals surface area contributed by atoms with Gasteiger partial charge in [0.15, 0.2) is 11.6 Å². The third-order valence-electron chi connectivity index (χ3n) is 4.22. The van der Waals surface area contributed by atoms with Gasteiger partial charge < -0.3 is 15.2 Å². The molecule has 3 aromatic rings. The van der Waals surface area contributed by atoms with E-state index in [1.54, 1.807) is 13.1 Å². The average molecular weight is 370 g/mol. The number of amides is 1. The maximum atomic E-state index is 11.7. The van der Waals surface area contributed by atoms with Gasteiger partial charge in [-0.15, -0.1) is 10.2 Å². The van der Waals surface area contributed by atoms with Crippen LogP contribution in [0.1, 0.15) is 21.7 Å². The van der Waals surface area contributed by atoms with Crippen LogP contribution in [-0.4, -0.2) is 27.7 Å². The molecule has 3 rings (SSSR count). The molecule has 0 aliphatic carbocycles. The first kappa shape index (κ1) is 17.9. The van der Waals surface area contributed by atoms with Gasteiger partial charge in [-0.1, -0.05) is 11.6 Å². The van der Waals surface area contributed by atoms with Gasteiger partial charge in [-0.2, -0.15) is 0 Å². The van der Waals surface area contributed by atoms with E-state index in [-0.39, 0.29) is 5.91 Å². The smallest absolute Gasteiger partial charge is 0.251 e. The van der Waals surface area contributed by atoms with Crippen LogP contribution in [0, 0.1) is 6.92 Å². The Labute approximate surface area is 157 Å². The Kier molecular flexibility index (Phi) is 5.23. The fourth-order valence-electron chi connectivity index (χ4n) is 2.69. The first-order valence-corrected chi connectivity index (χ1v) is 8.58. The molecular formula is C19H20ClN5O. The van der Waals surface area contributed by atoms with Crippen molar-refractivity contribution in [3.05, 3.63) is 64.4 Å². The molecule has 0 aliphatic heterocycles. The SMILES string of the molecule is CNC(=O)c1ccc(NCc2nnc(-c3ccc(Cl)cc3)n2C)c(C)c1. The number of aromatic nitrogens is 3. The number of anilines is 1. The first-order chi connectivity index (χ1) is 12.5. The molecule has 0 bridgehead atoms. The van der Waals surface area contributed by atoms with Crippen molar-refractivity contribution in [3.63, 3.8) is 0 Å². The Morgan fingerprint density at radius 2 is 1.88 bits per heavy atom. The van der Waals surface area contributed by atoms with Gasteiger partial charge in [0, 0.05) is 35.9 Å². The summed E-state index contributed by atoms with van der Waals surface area (Å²) in [5, 5.41) is 15.2. The number of carbonyl (C=O) groups excluding carboxylic acids is 1. The quantitative estimate of drug-likeness (QED) is 0.722. The molecule has 0 radical (unpaired) electrons. The van der Waals surface area contributed by atoms with Gasteiger partial charge >= 0.3 is 0 Å². The van der Waals surface area contributed by atoms with Crippen molar-refractivity contribution in [1.29, 1.82) is 0 Å². The van der Waals surface area contributed by atoms with Crippen LogP contribution >= 0.6 is 11.6 Å². The second-order valence-electron chi connectivity index (χ2n) is 5.97. The second kappa shape index (κ2) is 7.58. The zero-order valence-electron chi connectivity index (χ0n) is 14.9. The highest BCUT2D eigenvalue weighted by Crippen LogP contribution is 2.21. The predicted octanol–water partition coefficient (Wildman–Crippen LogP) is 3.42. The maximum absolute atomic E-state index is 11.7. The second-order valence-corrected chi connectivity index (χ2v) is 6.40. The van der Waals surface area contributed by atoms with Crippen molar-refractivity contribution in [3.8, 4) is 11.4 Å². The number of carbonyl (C=O) groups is 1. The van der Waals surface area contributed by atoms with Crippen LogP contribution in [0.15, 0.2) is 42.5 Å². The van der Waals surface area contributed by atoms with E-state index in [0.29, 0.717) is 17.1 Å².